The highest BCUT2D eigenvalue weighted by molar-refractivity contribution is 5.73. The molecule has 0 radical (unpaired) electrons. The Kier molecular flexibility index (Phi) is 3.30. The number of phenols is 1. The molecule has 4 rings (SSSR count). The molecule has 5 nitrogen and oxygen atoms in total. The third-order valence-electron chi connectivity index (χ3n) is 5.07. The summed E-state index contributed by atoms with van der Waals surface area (Å²) in [5, 5.41) is 25.1. The van der Waals surface area contributed by atoms with Gasteiger partial charge in [0.05, 0.1) is 22.2 Å². The fourth-order valence-electron chi connectivity index (χ4n) is 4.03. The molecule has 0 aromatic heterocycles. The predicted molar refractivity (Wildman–Crippen MR) is 92.3 cm³/mol. The Morgan fingerprint density at radius 2 is 2.12 bits per heavy atom. The van der Waals surface area contributed by atoms with Crippen molar-refractivity contribution in [2.45, 2.75) is 25.3 Å². The van der Waals surface area contributed by atoms with Crippen LogP contribution < -0.4 is 5.32 Å². The Morgan fingerprint density at radius 3 is 2.88 bits per heavy atom. The van der Waals surface area contributed by atoms with Crippen molar-refractivity contribution in [1.29, 1.82) is 0 Å². The second-order valence-corrected chi connectivity index (χ2v) is 6.54. The van der Waals surface area contributed by atoms with Gasteiger partial charge in [0.15, 0.2) is 0 Å². The van der Waals surface area contributed by atoms with Crippen molar-refractivity contribution in [3.63, 3.8) is 0 Å². The van der Waals surface area contributed by atoms with Gasteiger partial charge in [-0.3, -0.25) is 10.1 Å². The highest BCUT2D eigenvalue weighted by Gasteiger charge is 2.42. The van der Waals surface area contributed by atoms with Gasteiger partial charge in [0.1, 0.15) is 5.75 Å². The molecule has 3 atom stereocenters. The van der Waals surface area contributed by atoms with Crippen LogP contribution in [0.3, 0.4) is 0 Å². The topological polar surface area (TPSA) is 75.4 Å². The number of aryl methyl sites for hydroxylation is 1. The zero-order chi connectivity index (χ0) is 16.8. The van der Waals surface area contributed by atoms with Crippen molar-refractivity contribution in [3.05, 3.63) is 75.4 Å². The lowest BCUT2D eigenvalue weighted by Gasteiger charge is -2.37. The van der Waals surface area contributed by atoms with Crippen LogP contribution in [-0.4, -0.2) is 10.0 Å². The maximum atomic E-state index is 11.4. The van der Waals surface area contributed by atoms with E-state index in [1.54, 1.807) is 0 Å². The Bertz CT molecular complexity index is 860. The van der Waals surface area contributed by atoms with Gasteiger partial charge in [-0.2, -0.15) is 0 Å². The average molecular weight is 322 g/mol. The fourth-order valence-corrected chi connectivity index (χ4v) is 4.03. The number of aromatic hydroxyl groups is 1. The zero-order valence-electron chi connectivity index (χ0n) is 13.3. The molecule has 0 fully saturated rings. The van der Waals surface area contributed by atoms with E-state index in [0.717, 1.165) is 12.0 Å². The summed E-state index contributed by atoms with van der Waals surface area (Å²) in [7, 11) is 0. The monoisotopic (exact) mass is 322 g/mol. The first-order valence-electron chi connectivity index (χ1n) is 8.06. The van der Waals surface area contributed by atoms with Crippen molar-refractivity contribution in [2.75, 3.05) is 5.32 Å². The molecular weight excluding hydrogens is 304 g/mol. The van der Waals surface area contributed by atoms with E-state index in [4.69, 9.17) is 0 Å². The lowest BCUT2D eigenvalue weighted by Crippen LogP contribution is -2.29. The number of rotatable bonds is 2. The molecule has 0 saturated heterocycles. The highest BCUT2D eigenvalue weighted by atomic mass is 16.6. The number of nitro benzene ring substituents is 1. The smallest absolute Gasteiger partial charge is 0.275 e. The molecule has 1 aliphatic heterocycles. The van der Waals surface area contributed by atoms with Gasteiger partial charge in [-0.05, 0) is 30.9 Å². The van der Waals surface area contributed by atoms with E-state index in [1.807, 2.05) is 25.1 Å². The molecule has 0 saturated carbocycles. The number of allylic oxidation sites excluding steroid dienone is 2. The van der Waals surface area contributed by atoms with Crippen molar-refractivity contribution < 1.29 is 10.0 Å². The molecule has 2 aliphatic rings. The van der Waals surface area contributed by atoms with Crippen LogP contribution >= 0.6 is 0 Å². The Morgan fingerprint density at radius 1 is 1.29 bits per heavy atom. The van der Waals surface area contributed by atoms with Crippen molar-refractivity contribution in [3.8, 4) is 5.75 Å². The molecule has 122 valence electrons. The first kappa shape index (κ1) is 14.8. The number of nitrogens with zero attached hydrogens (tertiary/aromatic N) is 1. The summed E-state index contributed by atoms with van der Waals surface area (Å²) in [6, 6.07) is 11.1. The number of fused-ring (bicyclic) bond motifs is 3. The molecule has 2 aromatic rings. The minimum absolute atomic E-state index is 0.0188. The number of benzene rings is 2. The molecule has 0 amide bonds. The minimum atomic E-state index is -0.365. The highest BCUT2D eigenvalue weighted by Crippen LogP contribution is 2.54. The van der Waals surface area contributed by atoms with E-state index in [-0.39, 0.29) is 34.2 Å². The van der Waals surface area contributed by atoms with Gasteiger partial charge in [0.2, 0.25) is 0 Å². The summed E-state index contributed by atoms with van der Waals surface area (Å²) >= 11 is 0. The summed E-state index contributed by atoms with van der Waals surface area (Å²) in [6.07, 6.45) is 4.99. The Balaban J connectivity index is 1.88. The Hall–Kier alpha value is -2.82. The molecule has 3 unspecified atom stereocenters. The van der Waals surface area contributed by atoms with Crippen LogP contribution in [0.2, 0.25) is 0 Å². The third kappa shape index (κ3) is 2.16. The summed E-state index contributed by atoms with van der Waals surface area (Å²) in [5.74, 6) is 0.214. The van der Waals surface area contributed by atoms with Gasteiger partial charge in [0.25, 0.3) is 5.69 Å². The first-order valence-corrected chi connectivity index (χ1v) is 8.06. The van der Waals surface area contributed by atoms with E-state index in [9.17, 15) is 15.2 Å². The van der Waals surface area contributed by atoms with Crippen LogP contribution in [-0.2, 0) is 0 Å². The number of hydrogen-bond donors (Lipinski definition) is 2. The van der Waals surface area contributed by atoms with E-state index in [1.165, 1.54) is 17.7 Å². The molecular formula is C19H18N2O3. The number of phenolic OH excluding ortho intramolecular Hbond substituents is 1. The summed E-state index contributed by atoms with van der Waals surface area (Å²) in [4.78, 5) is 11.1. The summed E-state index contributed by atoms with van der Waals surface area (Å²) in [6.45, 7) is 2.05. The molecule has 24 heavy (non-hydrogen) atoms. The maximum Gasteiger partial charge on any atom is 0.275 e. The summed E-state index contributed by atoms with van der Waals surface area (Å²) < 4.78 is 0. The average Bonchev–Trinajstić information content (AvgIpc) is 3.04. The van der Waals surface area contributed by atoms with Crippen LogP contribution in [0.15, 0.2) is 48.6 Å². The standard InChI is InChI=1S/C19H18N2O3/c1-11-4-2-5-12(10-11)18-14-7-3-6-13(14)17-15(21(23)24)8-9-16(22)19(17)20-18/h2-6,8-10,13-14,18,20,22H,7H2,1H3. The van der Waals surface area contributed by atoms with Gasteiger partial charge >= 0.3 is 0 Å². The number of nitrogens with one attached hydrogen (secondary N) is 1. The lowest BCUT2D eigenvalue weighted by molar-refractivity contribution is -0.385. The normalized spacial score (nSPS) is 24.1. The maximum absolute atomic E-state index is 11.4. The zero-order valence-corrected chi connectivity index (χ0v) is 13.3. The van der Waals surface area contributed by atoms with Gasteiger partial charge in [-0.1, -0.05) is 42.0 Å². The van der Waals surface area contributed by atoms with Crippen molar-refractivity contribution >= 4 is 11.4 Å². The second-order valence-electron chi connectivity index (χ2n) is 6.54. The van der Waals surface area contributed by atoms with E-state index < -0.39 is 0 Å². The lowest BCUT2D eigenvalue weighted by atomic mass is 9.76. The number of hydrogen-bond acceptors (Lipinski definition) is 4. The SMILES string of the molecule is Cc1cccc(C2Nc3c(O)ccc([N+](=O)[O-])c3C3C=CCC32)c1. The molecule has 2 aromatic carbocycles. The van der Waals surface area contributed by atoms with Crippen LogP contribution in [0.4, 0.5) is 11.4 Å². The van der Waals surface area contributed by atoms with E-state index >= 15 is 0 Å². The van der Waals surface area contributed by atoms with E-state index in [0.29, 0.717) is 11.3 Å². The van der Waals surface area contributed by atoms with Crippen LogP contribution in [0.1, 0.15) is 35.1 Å². The van der Waals surface area contributed by atoms with Crippen LogP contribution in [0, 0.1) is 23.0 Å². The molecule has 2 N–H and O–H groups in total. The Labute approximate surface area is 139 Å². The summed E-state index contributed by atoms with van der Waals surface area (Å²) in [5.41, 5.74) is 3.47. The van der Waals surface area contributed by atoms with Crippen LogP contribution in [0.25, 0.3) is 0 Å². The fraction of sp³-hybridized carbons (Fsp3) is 0.263. The molecule has 1 heterocycles. The molecule has 5 heteroatoms. The predicted octanol–water partition coefficient (Wildman–Crippen LogP) is 4.44. The van der Waals surface area contributed by atoms with Gasteiger partial charge in [-0.15, -0.1) is 0 Å². The van der Waals surface area contributed by atoms with E-state index in [2.05, 4.69) is 23.5 Å². The van der Waals surface area contributed by atoms with Gasteiger partial charge in [0, 0.05) is 12.0 Å². The van der Waals surface area contributed by atoms with Gasteiger partial charge < -0.3 is 10.4 Å². The van der Waals surface area contributed by atoms with Crippen molar-refractivity contribution in [2.24, 2.45) is 5.92 Å². The van der Waals surface area contributed by atoms with Crippen molar-refractivity contribution in [1.82, 2.24) is 0 Å². The number of nitro groups is 1. The van der Waals surface area contributed by atoms with Crippen LogP contribution in [0.5, 0.6) is 5.75 Å². The number of anilines is 1. The minimum Gasteiger partial charge on any atom is -0.506 e. The molecule has 1 aliphatic carbocycles. The quantitative estimate of drug-likeness (QED) is 0.371. The second kappa shape index (κ2) is 5.37. The molecule has 0 spiro atoms. The van der Waals surface area contributed by atoms with Gasteiger partial charge in [-0.25, -0.2) is 0 Å². The third-order valence-corrected chi connectivity index (χ3v) is 5.07. The molecule has 0 bridgehead atoms. The largest absolute Gasteiger partial charge is 0.506 e. The first-order chi connectivity index (χ1) is 11.6.